The van der Waals surface area contributed by atoms with Crippen molar-refractivity contribution in [2.24, 2.45) is 0 Å². The molecule has 10 N–H and O–H groups in total. The number of hydrogen-bond acceptors (Lipinski definition) is 16. The number of imidazole rings is 1. The second kappa shape index (κ2) is 10.6. The van der Waals surface area contributed by atoms with Crippen LogP contribution in [0, 0.1) is 0 Å². The maximum absolute atomic E-state index is 12.8. The molecule has 2 aliphatic rings. The van der Waals surface area contributed by atoms with Crippen LogP contribution in [0.1, 0.15) is 12.5 Å². The van der Waals surface area contributed by atoms with Crippen LogP contribution in [0.5, 0.6) is 0 Å². The van der Waals surface area contributed by atoms with Gasteiger partial charge in [-0.05, 0) is 6.07 Å². The Morgan fingerprint density at radius 1 is 1.05 bits per heavy atom. The molecule has 2 saturated heterocycles. The minimum absolute atomic E-state index is 0.0676. The van der Waals surface area contributed by atoms with Gasteiger partial charge in [0.05, 0.1) is 19.5 Å². The summed E-state index contributed by atoms with van der Waals surface area (Å²) >= 11 is 0. The highest BCUT2D eigenvalue weighted by atomic mass is 31.2. The van der Waals surface area contributed by atoms with Gasteiger partial charge in [0.15, 0.2) is 23.6 Å². The van der Waals surface area contributed by atoms with E-state index in [-0.39, 0.29) is 22.9 Å². The molecule has 0 saturated carbocycles. The number of nitrogens with two attached hydrogens (primary N) is 2. The molecule has 0 aliphatic carbocycles. The quantitative estimate of drug-likeness (QED) is 0.116. The monoisotopic (exact) mass is 588 g/mol. The maximum atomic E-state index is 12.8. The van der Waals surface area contributed by atoms with Crippen molar-refractivity contribution >= 4 is 30.8 Å². The Bertz CT molecular complexity index is 1560. The Balaban J connectivity index is 1.28. The van der Waals surface area contributed by atoms with Crippen LogP contribution in [-0.2, 0) is 23.1 Å². The smallest absolute Gasteiger partial charge is 0.394 e. The molecule has 3 aromatic rings. The topological polar surface area (TPSA) is 306 Å². The molecule has 2 fully saturated rings. The number of ether oxygens (including phenoxy) is 2. The highest BCUT2D eigenvalue weighted by Gasteiger charge is 2.50. The second-order valence-electron chi connectivity index (χ2n) is 8.94. The fourth-order valence-electron chi connectivity index (χ4n) is 4.42. The summed E-state index contributed by atoms with van der Waals surface area (Å²) in [5.74, 6) is -0.322. The van der Waals surface area contributed by atoms with Crippen LogP contribution in [0.2, 0.25) is 0 Å². The number of anilines is 2. The van der Waals surface area contributed by atoms with Crippen molar-refractivity contribution in [2.45, 2.75) is 49.1 Å². The Labute approximate surface area is 222 Å². The SMILES string of the molecule is Nc1ccn(C2OC(COP(=O)(O)OC3C(CO)OC(n4cnc5c(=O)[nH]c(N)nc54)C3O)C(O)C2O)c(=O)n1. The molecule has 9 unspecified atom stereocenters. The zero-order valence-electron chi connectivity index (χ0n) is 20.2. The number of fused-ring (bicyclic) bond motifs is 1. The van der Waals surface area contributed by atoms with Gasteiger partial charge in [0.2, 0.25) is 5.95 Å². The number of H-pyrrole nitrogens is 1. The number of aromatic nitrogens is 6. The van der Waals surface area contributed by atoms with E-state index in [9.17, 15) is 39.5 Å². The van der Waals surface area contributed by atoms with E-state index in [2.05, 4.69) is 19.9 Å². The molecular formula is C19H25N8O12P. The number of phosphoric ester groups is 1. The molecule has 5 rings (SSSR count). The highest BCUT2D eigenvalue weighted by molar-refractivity contribution is 7.47. The summed E-state index contributed by atoms with van der Waals surface area (Å²) in [7, 11) is -5.04. The Kier molecular flexibility index (Phi) is 7.48. The van der Waals surface area contributed by atoms with Crippen LogP contribution >= 0.6 is 7.82 Å². The zero-order valence-corrected chi connectivity index (χ0v) is 21.1. The van der Waals surface area contributed by atoms with E-state index in [1.807, 2.05) is 0 Å². The van der Waals surface area contributed by atoms with Gasteiger partial charge in [-0.25, -0.2) is 14.3 Å². The summed E-state index contributed by atoms with van der Waals surface area (Å²) in [6, 6.07) is 1.26. The van der Waals surface area contributed by atoms with Crippen molar-refractivity contribution in [1.29, 1.82) is 0 Å². The molecule has 0 radical (unpaired) electrons. The van der Waals surface area contributed by atoms with Gasteiger partial charge < -0.3 is 46.3 Å². The van der Waals surface area contributed by atoms with E-state index in [1.54, 1.807) is 0 Å². The molecule has 40 heavy (non-hydrogen) atoms. The zero-order chi connectivity index (χ0) is 28.9. The van der Waals surface area contributed by atoms with Crippen LogP contribution < -0.4 is 22.7 Å². The summed E-state index contributed by atoms with van der Waals surface area (Å²) in [6.45, 7) is -1.56. The van der Waals surface area contributed by atoms with Crippen LogP contribution in [0.25, 0.3) is 11.2 Å². The van der Waals surface area contributed by atoms with Crippen molar-refractivity contribution in [3.63, 3.8) is 0 Å². The van der Waals surface area contributed by atoms with Crippen LogP contribution in [0.3, 0.4) is 0 Å². The van der Waals surface area contributed by atoms with Crippen molar-refractivity contribution in [3.05, 3.63) is 39.4 Å². The van der Waals surface area contributed by atoms with Gasteiger partial charge in [-0.15, -0.1) is 0 Å². The largest absolute Gasteiger partial charge is 0.472 e. The fourth-order valence-corrected chi connectivity index (χ4v) is 5.39. The highest BCUT2D eigenvalue weighted by Crippen LogP contribution is 2.49. The molecule has 5 heterocycles. The molecule has 0 amide bonds. The van der Waals surface area contributed by atoms with Gasteiger partial charge >= 0.3 is 13.5 Å². The third-order valence-electron chi connectivity index (χ3n) is 6.33. The van der Waals surface area contributed by atoms with E-state index < -0.39 is 81.4 Å². The van der Waals surface area contributed by atoms with Gasteiger partial charge in [0.1, 0.15) is 42.4 Å². The molecule has 21 heteroatoms. The second-order valence-corrected chi connectivity index (χ2v) is 10.3. The number of nitrogens with zero attached hydrogens (tertiary/aromatic N) is 5. The summed E-state index contributed by atoms with van der Waals surface area (Å²) in [4.78, 5) is 48.1. The maximum Gasteiger partial charge on any atom is 0.472 e. The minimum Gasteiger partial charge on any atom is -0.394 e. The molecule has 218 valence electrons. The van der Waals surface area contributed by atoms with Gasteiger partial charge in [-0.2, -0.15) is 9.97 Å². The molecule has 3 aromatic heterocycles. The third-order valence-corrected chi connectivity index (χ3v) is 7.32. The van der Waals surface area contributed by atoms with Crippen molar-refractivity contribution in [2.75, 3.05) is 24.7 Å². The first-order chi connectivity index (χ1) is 18.9. The summed E-state index contributed by atoms with van der Waals surface area (Å²) in [6.07, 6.45) is -9.84. The summed E-state index contributed by atoms with van der Waals surface area (Å²) < 4.78 is 35.8. The Hall–Kier alpha value is -3.30. The van der Waals surface area contributed by atoms with E-state index in [4.69, 9.17) is 30.0 Å². The number of rotatable bonds is 8. The number of aliphatic hydroxyl groups excluding tert-OH is 4. The van der Waals surface area contributed by atoms with Gasteiger partial charge in [0, 0.05) is 6.20 Å². The van der Waals surface area contributed by atoms with Gasteiger partial charge in [-0.1, -0.05) is 0 Å². The average molecular weight is 588 g/mol. The van der Waals surface area contributed by atoms with Crippen molar-refractivity contribution in [3.8, 4) is 0 Å². The minimum atomic E-state index is -5.04. The predicted octanol–water partition coefficient (Wildman–Crippen LogP) is -4.09. The van der Waals surface area contributed by atoms with E-state index in [1.165, 1.54) is 12.3 Å². The van der Waals surface area contributed by atoms with Crippen LogP contribution in [0.4, 0.5) is 11.8 Å². The summed E-state index contributed by atoms with van der Waals surface area (Å²) in [5.41, 5.74) is 9.29. The van der Waals surface area contributed by atoms with Crippen molar-refractivity contribution in [1.82, 2.24) is 29.1 Å². The van der Waals surface area contributed by atoms with Gasteiger partial charge in [-0.3, -0.25) is 28.0 Å². The number of aromatic amines is 1. The molecule has 0 bridgehead atoms. The fraction of sp³-hybridized carbons (Fsp3) is 0.526. The molecule has 0 spiro atoms. The standard InChI is InChI=1S/C19H25N8O12P/c20-8-1-2-26(19(33)23-8)16-11(30)10(29)7(38-16)4-36-40(34,35)39-13-6(3-28)37-17(12(13)31)27-5-22-9-14(27)24-18(21)25-15(9)32/h1-2,5-7,10-13,16-17,28-31H,3-4H2,(H,34,35)(H2,20,23,33)(H3,21,24,25,32). The Morgan fingerprint density at radius 3 is 2.45 bits per heavy atom. The summed E-state index contributed by atoms with van der Waals surface area (Å²) in [5, 5.41) is 41.3. The van der Waals surface area contributed by atoms with E-state index in [0.717, 1.165) is 15.5 Å². The number of phosphoric acid groups is 1. The van der Waals surface area contributed by atoms with Gasteiger partial charge in [0.25, 0.3) is 5.56 Å². The third kappa shape index (κ3) is 5.12. The first kappa shape index (κ1) is 28.2. The molecule has 20 nitrogen and oxygen atoms in total. The molecule has 0 aromatic carbocycles. The predicted molar refractivity (Wildman–Crippen MR) is 129 cm³/mol. The number of hydrogen-bond donors (Lipinski definition) is 8. The lowest BCUT2D eigenvalue weighted by molar-refractivity contribution is -0.0609. The van der Waals surface area contributed by atoms with Crippen molar-refractivity contribution < 1.29 is 48.4 Å². The Morgan fingerprint density at radius 2 is 1.75 bits per heavy atom. The molecular weight excluding hydrogens is 563 g/mol. The molecule has 9 atom stereocenters. The average Bonchev–Trinajstić information content (AvgIpc) is 3.53. The molecule has 2 aliphatic heterocycles. The first-order valence-electron chi connectivity index (χ1n) is 11.6. The van der Waals surface area contributed by atoms with Crippen LogP contribution in [-0.4, -0.2) is 104 Å². The lowest BCUT2D eigenvalue weighted by atomic mass is 10.1. The lowest BCUT2D eigenvalue weighted by Gasteiger charge is -2.23. The first-order valence-corrected chi connectivity index (χ1v) is 13.1. The van der Waals surface area contributed by atoms with E-state index >= 15 is 0 Å². The number of nitrogen functional groups attached to an aromatic ring is 2. The van der Waals surface area contributed by atoms with Crippen LogP contribution in [0.15, 0.2) is 28.2 Å². The van der Waals surface area contributed by atoms with E-state index in [0.29, 0.717) is 0 Å². The number of aliphatic hydroxyl groups is 4. The lowest BCUT2D eigenvalue weighted by Crippen LogP contribution is -2.37. The normalized spacial score (nSPS) is 32.0. The number of nitrogens with one attached hydrogen (secondary N) is 1.